The fourth-order valence-electron chi connectivity index (χ4n) is 3.12. The van der Waals surface area contributed by atoms with Crippen LogP contribution in [0.1, 0.15) is 41.4 Å². The van der Waals surface area contributed by atoms with Gasteiger partial charge in [0, 0.05) is 13.1 Å². The van der Waals surface area contributed by atoms with Crippen LogP contribution in [0.3, 0.4) is 0 Å². The maximum absolute atomic E-state index is 12.3. The Morgan fingerprint density at radius 3 is 2.62 bits per heavy atom. The molecule has 1 aliphatic heterocycles. The molecule has 1 aliphatic rings. The van der Waals surface area contributed by atoms with Crippen LogP contribution in [0.15, 0.2) is 30.3 Å². The lowest BCUT2D eigenvalue weighted by molar-refractivity contribution is 0.0676. The van der Waals surface area contributed by atoms with E-state index in [2.05, 4.69) is 4.98 Å². The maximum Gasteiger partial charge on any atom is 0.410 e. The summed E-state index contributed by atoms with van der Waals surface area (Å²) in [6, 6.07) is 9.49. The van der Waals surface area contributed by atoms with Gasteiger partial charge in [-0.05, 0) is 17.9 Å². The van der Waals surface area contributed by atoms with Gasteiger partial charge in [0.2, 0.25) is 0 Å². The van der Waals surface area contributed by atoms with E-state index in [9.17, 15) is 14.7 Å². The van der Waals surface area contributed by atoms with Gasteiger partial charge in [-0.2, -0.15) is 0 Å². The van der Waals surface area contributed by atoms with Crippen molar-refractivity contribution in [1.29, 1.82) is 0 Å². The van der Waals surface area contributed by atoms with Gasteiger partial charge in [-0.15, -0.1) is 0 Å². The first-order valence-corrected chi connectivity index (χ1v) is 8.73. The number of amides is 1. The van der Waals surface area contributed by atoms with Crippen molar-refractivity contribution in [3.05, 3.63) is 53.1 Å². The molecule has 1 amide bonds. The molecule has 0 fully saturated rings. The fourth-order valence-corrected chi connectivity index (χ4v) is 3.12. The minimum Gasteiger partial charge on any atom is -0.477 e. The molecule has 7 heteroatoms. The molecule has 0 atom stereocenters. The molecule has 1 aromatic heterocycles. The minimum atomic E-state index is -0.973. The average Bonchev–Trinajstić information content (AvgIpc) is 2.96. The van der Waals surface area contributed by atoms with Crippen molar-refractivity contribution in [3.8, 4) is 0 Å². The second-order valence-electron chi connectivity index (χ2n) is 6.84. The first-order valence-electron chi connectivity index (χ1n) is 8.73. The fraction of sp³-hybridized carbons (Fsp3) is 0.421. The third kappa shape index (κ3) is 3.87. The molecule has 3 rings (SSSR count). The summed E-state index contributed by atoms with van der Waals surface area (Å²) < 4.78 is 7.07. The lowest BCUT2D eigenvalue weighted by atomic mass is 10.1. The van der Waals surface area contributed by atoms with Crippen LogP contribution in [0, 0.1) is 5.92 Å². The lowest BCUT2D eigenvalue weighted by Gasteiger charge is -2.27. The van der Waals surface area contributed by atoms with Crippen molar-refractivity contribution in [2.75, 3.05) is 6.54 Å². The van der Waals surface area contributed by atoms with Crippen LogP contribution in [0.2, 0.25) is 0 Å². The number of nitrogens with zero attached hydrogens (tertiary/aromatic N) is 3. The predicted octanol–water partition coefficient (Wildman–Crippen LogP) is 2.93. The summed E-state index contributed by atoms with van der Waals surface area (Å²) in [4.78, 5) is 30.0. The van der Waals surface area contributed by atoms with Crippen LogP contribution < -0.4 is 0 Å². The summed E-state index contributed by atoms with van der Waals surface area (Å²) in [5, 5.41) is 9.54. The zero-order valence-electron chi connectivity index (χ0n) is 15.0. The van der Waals surface area contributed by atoms with E-state index in [0.717, 1.165) is 5.56 Å². The highest BCUT2D eigenvalue weighted by Gasteiger charge is 2.29. The normalized spacial score (nSPS) is 13.6. The smallest absolute Gasteiger partial charge is 0.410 e. The second-order valence-corrected chi connectivity index (χ2v) is 6.84. The third-order valence-corrected chi connectivity index (χ3v) is 4.31. The molecule has 0 radical (unpaired) electrons. The van der Waals surface area contributed by atoms with E-state index in [-0.39, 0.29) is 18.8 Å². The number of carbonyl (C=O) groups excluding carboxylic acids is 1. The number of fused-ring (bicyclic) bond motifs is 1. The molecular formula is C19H23N3O4. The molecule has 26 heavy (non-hydrogen) atoms. The van der Waals surface area contributed by atoms with E-state index in [0.29, 0.717) is 36.9 Å². The number of hydrogen-bond acceptors (Lipinski definition) is 4. The molecule has 1 aromatic carbocycles. The molecule has 0 saturated heterocycles. The van der Waals surface area contributed by atoms with E-state index in [1.807, 2.05) is 44.2 Å². The molecule has 1 N–H and O–H groups in total. The van der Waals surface area contributed by atoms with E-state index in [1.165, 1.54) is 0 Å². The summed E-state index contributed by atoms with van der Waals surface area (Å²) in [7, 11) is 0. The van der Waals surface area contributed by atoms with Crippen LogP contribution in [-0.2, 0) is 30.9 Å². The predicted molar refractivity (Wildman–Crippen MR) is 94.8 cm³/mol. The Morgan fingerprint density at radius 1 is 1.23 bits per heavy atom. The number of carboxylic acids is 1. The molecule has 0 bridgehead atoms. The highest BCUT2D eigenvalue weighted by atomic mass is 16.6. The highest BCUT2D eigenvalue weighted by molar-refractivity contribution is 5.87. The summed E-state index contributed by atoms with van der Waals surface area (Å²) in [6.07, 6.45) is 0.186. The van der Waals surface area contributed by atoms with Crippen molar-refractivity contribution in [2.45, 2.75) is 40.0 Å². The molecule has 2 aromatic rings. The van der Waals surface area contributed by atoms with Crippen molar-refractivity contribution >= 4 is 12.1 Å². The highest BCUT2D eigenvalue weighted by Crippen LogP contribution is 2.21. The van der Waals surface area contributed by atoms with E-state index in [4.69, 9.17) is 4.74 Å². The number of hydrogen-bond donors (Lipinski definition) is 1. The number of aromatic carboxylic acids is 1. The second kappa shape index (κ2) is 7.59. The Labute approximate surface area is 152 Å². The van der Waals surface area contributed by atoms with Crippen LogP contribution in [0.25, 0.3) is 0 Å². The van der Waals surface area contributed by atoms with Crippen LogP contribution >= 0.6 is 0 Å². The van der Waals surface area contributed by atoms with Gasteiger partial charge in [0.1, 0.15) is 12.4 Å². The molecule has 0 aliphatic carbocycles. The Hall–Kier alpha value is -2.83. The van der Waals surface area contributed by atoms with E-state index in [1.54, 1.807) is 9.47 Å². The number of imidazole rings is 1. The molecule has 0 spiro atoms. The van der Waals surface area contributed by atoms with Crippen LogP contribution in [0.5, 0.6) is 0 Å². The standard InChI is InChI=1S/C19H23N3O4/c1-13(2)10-15-17(18(23)24)22-9-8-21(11-16(22)20-15)19(25)26-12-14-6-4-3-5-7-14/h3-7,13H,8-12H2,1-2H3,(H,23,24). The number of benzene rings is 1. The summed E-state index contributed by atoms with van der Waals surface area (Å²) in [5.74, 6) is -0.0718. The van der Waals surface area contributed by atoms with E-state index >= 15 is 0 Å². The Balaban J connectivity index is 1.70. The number of aromatic nitrogens is 2. The Bertz CT molecular complexity index is 799. The van der Waals surface area contributed by atoms with Crippen LogP contribution in [-0.4, -0.2) is 38.2 Å². The molecule has 0 saturated carbocycles. The summed E-state index contributed by atoms with van der Waals surface area (Å²) in [5.41, 5.74) is 1.75. The first-order chi connectivity index (χ1) is 12.5. The lowest BCUT2D eigenvalue weighted by Crippen LogP contribution is -2.39. The molecule has 0 unspecified atom stereocenters. The Kier molecular flexibility index (Phi) is 5.25. The quantitative estimate of drug-likeness (QED) is 0.889. The zero-order chi connectivity index (χ0) is 18.7. The van der Waals surface area contributed by atoms with Gasteiger partial charge < -0.3 is 14.4 Å². The Morgan fingerprint density at radius 2 is 1.96 bits per heavy atom. The van der Waals surface area contributed by atoms with Crippen molar-refractivity contribution in [3.63, 3.8) is 0 Å². The number of rotatable bonds is 5. The third-order valence-electron chi connectivity index (χ3n) is 4.31. The minimum absolute atomic E-state index is 0.212. The number of carbonyl (C=O) groups is 2. The van der Waals surface area contributed by atoms with Gasteiger partial charge in [0.05, 0.1) is 12.2 Å². The van der Waals surface area contributed by atoms with Gasteiger partial charge in [-0.25, -0.2) is 14.6 Å². The number of carboxylic acid groups (broad SMARTS) is 1. The van der Waals surface area contributed by atoms with E-state index < -0.39 is 12.1 Å². The molecule has 7 nitrogen and oxygen atoms in total. The van der Waals surface area contributed by atoms with Gasteiger partial charge in [-0.3, -0.25) is 4.90 Å². The van der Waals surface area contributed by atoms with Crippen molar-refractivity contribution < 1.29 is 19.4 Å². The van der Waals surface area contributed by atoms with Crippen LogP contribution in [0.4, 0.5) is 4.79 Å². The van der Waals surface area contributed by atoms with Gasteiger partial charge in [0.25, 0.3) is 0 Å². The van der Waals surface area contributed by atoms with Gasteiger partial charge in [-0.1, -0.05) is 44.2 Å². The first kappa shape index (κ1) is 18.0. The van der Waals surface area contributed by atoms with Gasteiger partial charge in [0.15, 0.2) is 5.69 Å². The van der Waals surface area contributed by atoms with Gasteiger partial charge >= 0.3 is 12.1 Å². The number of ether oxygens (including phenoxy) is 1. The molecule has 2 heterocycles. The maximum atomic E-state index is 12.3. The monoisotopic (exact) mass is 357 g/mol. The SMILES string of the molecule is CC(C)Cc1nc2n(c1C(=O)O)CCN(C(=O)OCc1ccccc1)C2. The zero-order valence-corrected chi connectivity index (χ0v) is 15.0. The molecule has 138 valence electrons. The molecular weight excluding hydrogens is 334 g/mol. The summed E-state index contributed by atoms with van der Waals surface area (Å²) in [6.45, 7) is 5.32. The average molecular weight is 357 g/mol. The van der Waals surface area contributed by atoms with Crippen molar-refractivity contribution in [2.24, 2.45) is 5.92 Å². The topological polar surface area (TPSA) is 84.7 Å². The largest absolute Gasteiger partial charge is 0.477 e. The summed E-state index contributed by atoms with van der Waals surface area (Å²) >= 11 is 0. The van der Waals surface area contributed by atoms with Crippen molar-refractivity contribution in [1.82, 2.24) is 14.5 Å².